The number of hydrogen-bond donors (Lipinski definition) is 0. The van der Waals surface area contributed by atoms with Crippen LogP contribution >= 0.6 is 15.9 Å². The summed E-state index contributed by atoms with van der Waals surface area (Å²) < 4.78 is 8.55. The second kappa shape index (κ2) is 5.12. The van der Waals surface area contributed by atoms with Crippen molar-refractivity contribution >= 4 is 15.9 Å². The van der Waals surface area contributed by atoms with Crippen molar-refractivity contribution in [3.05, 3.63) is 41.2 Å². The molecule has 0 N–H and O–H groups in total. The predicted molar refractivity (Wildman–Crippen MR) is 64.2 cm³/mol. The van der Waals surface area contributed by atoms with E-state index in [4.69, 9.17) is 4.74 Å². The number of aromatic nitrogens is 3. The van der Waals surface area contributed by atoms with Crippen LogP contribution in [0.1, 0.15) is 12.7 Å². The molecule has 0 aliphatic rings. The molecule has 2 aromatic heterocycles. The van der Waals surface area contributed by atoms with Gasteiger partial charge in [-0.15, -0.1) is 0 Å². The Morgan fingerprint density at radius 1 is 1.44 bits per heavy atom. The average Bonchev–Trinajstić information content (AvgIpc) is 2.74. The van der Waals surface area contributed by atoms with Crippen LogP contribution in [0.4, 0.5) is 0 Å². The summed E-state index contributed by atoms with van der Waals surface area (Å²) in [6.45, 7) is 3.43. The van der Waals surface area contributed by atoms with Crippen molar-refractivity contribution in [3.63, 3.8) is 0 Å². The van der Waals surface area contributed by atoms with Crippen LogP contribution in [0.15, 0.2) is 35.3 Å². The van der Waals surface area contributed by atoms with Gasteiger partial charge in [0.2, 0.25) is 0 Å². The zero-order valence-electron chi connectivity index (χ0n) is 8.93. The number of rotatable bonds is 4. The molecule has 0 saturated heterocycles. The van der Waals surface area contributed by atoms with E-state index >= 15 is 0 Å². The Bertz CT molecular complexity index is 470. The van der Waals surface area contributed by atoms with Gasteiger partial charge < -0.3 is 9.30 Å². The maximum Gasteiger partial charge on any atom is 0.146 e. The molecule has 0 spiro atoms. The maximum atomic E-state index is 5.60. The second-order valence-corrected chi connectivity index (χ2v) is 4.17. The predicted octanol–water partition coefficient (Wildman–Crippen LogP) is 2.64. The topological polar surface area (TPSA) is 39.9 Å². The van der Waals surface area contributed by atoms with Crippen LogP contribution in [-0.2, 0) is 13.2 Å². The summed E-state index contributed by atoms with van der Waals surface area (Å²) in [5.41, 5.74) is 0. The molecule has 16 heavy (non-hydrogen) atoms. The zero-order valence-corrected chi connectivity index (χ0v) is 10.5. The van der Waals surface area contributed by atoms with Crippen molar-refractivity contribution in [2.75, 3.05) is 0 Å². The van der Waals surface area contributed by atoms with Crippen molar-refractivity contribution in [2.45, 2.75) is 20.1 Å². The minimum Gasteiger partial charge on any atom is -0.484 e. The number of ether oxygens (including phenoxy) is 1. The molecule has 0 saturated carbocycles. The molecule has 5 heteroatoms. The lowest BCUT2D eigenvalue weighted by atomic mass is 10.4. The molecule has 2 rings (SSSR count). The largest absolute Gasteiger partial charge is 0.484 e. The van der Waals surface area contributed by atoms with Crippen LogP contribution in [0.5, 0.6) is 5.75 Å². The number of nitrogens with zero attached hydrogens (tertiary/aromatic N) is 3. The minimum atomic E-state index is 0.457. The van der Waals surface area contributed by atoms with Crippen molar-refractivity contribution in [1.82, 2.24) is 14.5 Å². The zero-order chi connectivity index (χ0) is 11.4. The van der Waals surface area contributed by atoms with Crippen molar-refractivity contribution in [1.29, 1.82) is 0 Å². The monoisotopic (exact) mass is 281 g/mol. The van der Waals surface area contributed by atoms with Gasteiger partial charge in [-0.3, -0.25) is 4.98 Å². The first-order chi connectivity index (χ1) is 7.79. The molecule has 0 aliphatic heterocycles. The Hall–Kier alpha value is -1.36. The van der Waals surface area contributed by atoms with Gasteiger partial charge in [0.1, 0.15) is 18.2 Å². The van der Waals surface area contributed by atoms with Gasteiger partial charge in [0.25, 0.3) is 0 Å². The normalized spacial score (nSPS) is 10.4. The van der Waals surface area contributed by atoms with Gasteiger partial charge in [-0.05, 0) is 28.9 Å². The Morgan fingerprint density at radius 2 is 2.31 bits per heavy atom. The van der Waals surface area contributed by atoms with Crippen LogP contribution in [-0.4, -0.2) is 14.5 Å². The fraction of sp³-hybridized carbons (Fsp3) is 0.273. The lowest BCUT2D eigenvalue weighted by Crippen LogP contribution is -2.05. The molecule has 4 nitrogen and oxygen atoms in total. The molecule has 2 aromatic rings. The summed E-state index contributed by atoms with van der Waals surface area (Å²) in [6, 6.07) is 1.88. The van der Waals surface area contributed by atoms with E-state index in [9.17, 15) is 0 Å². The third kappa shape index (κ3) is 2.61. The average molecular weight is 282 g/mol. The molecular weight excluding hydrogens is 270 g/mol. The van der Waals surface area contributed by atoms with E-state index in [-0.39, 0.29) is 0 Å². The highest BCUT2D eigenvalue weighted by molar-refractivity contribution is 9.10. The first-order valence-electron chi connectivity index (χ1n) is 5.03. The highest BCUT2D eigenvalue weighted by atomic mass is 79.9. The summed E-state index contributed by atoms with van der Waals surface area (Å²) >= 11 is 3.35. The highest BCUT2D eigenvalue weighted by Gasteiger charge is 2.02. The summed E-state index contributed by atoms with van der Waals surface area (Å²) in [5, 5.41) is 0. The molecule has 2 heterocycles. The van der Waals surface area contributed by atoms with Crippen molar-refractivity contribution in [2.24, 2.45) is 0 Å². The standard InChI is InChI=1S/C11H12BrN3O/c1-2-15-4-3-14-11(15)8-16-10-5-9(12)6-13-7-10/h3-7H,2,8H2,1H3. The number of halogens is 1. The SMILES string of the molecule is CCn1ccnc1COc1cncc(Br)c1. The molecule has 0 fully saturated rings. The Labute approximate surface area is 102 Å². The van der Waals surface area contributed by atoms with Gasteiger partial charge >= 0.3 is 0 Å². The molecule has 84 valence electrons. The van der Waals surface area contributed by atoms with E-state index in [1.54, 1.807) is 18.6 Å². The Morgan fingerprint density at radius 3 is 3.06 bits per heavy atom. The van der Waals surface area contributed by atoms with Crippen LogP contribution in [0.25, 0.3) is 0 Å². The van der Waals surface area contributed by atoms with Gasteiger partial charge in [0, 0.05) is 29.6 Å². The van der Waals surface area contributed by atoms with Gasteiger partial charge in [-0.1, -0.05) is 0 Å². The lowest BCUT2D eigenvalue weighted by Gasteiger charge is -2.07. The molecule has 0 atom stereocenters. The molecule has 0 unspecified atom stereocenters. The van der Waals surface area contributed by atoms with E-state index in [0.717, 1.165) is 22.6 Å². The highest BCUT2D eigenvalue weighted by Crippen LogP contribution is 2.16. The maximum absolute atomic E-state index is 5.60. The van der Waals surface area contributed by atoms with E-state index in [2.05, 4.69) is 32.8 Å². The summed E-state index contributed by atoms with van der Waals surface area (Å²) in [6.07, 6.45) is 7.13. The van der Waals surface area contributed by atoms with E-state index < -0.39 is 0 Å². The third-order valence-electron chi connectivity index (χ3n) is 2.19. The molecular formula is C11H12BrN3O. The number of pyridine rings is 1. The van der Waals surface area contributed by atoms with Crippen LogP contribution < -0.4 is 4.74 Å². The number of imidazole rings is 1. The number of aryl methyl sites for hydroxylation is 1. The number of hydrogen-bond acceptors (Lipinski definition) is 3. The fourth-order valence-electron chi connectivity index (χ4n) is 1.39. The van der Waals surface area contributed by atoms with Crippen LogP contribution in [0, 0.1) is 0 Å². The molecule has 0 bridgehead atoms. The molecule has 0 amide bonds. The van der Waals surface area contributed by atoms with Crippen LogP contribution in [0.3, 0.4) is 0 Å². The molecule has 0 aliphatic carbocycles. The van der Waals surface area contributed by atoms with Crippen LogP contribution in [0.2, 0.25) is 0 Å². The summed E-state index contributed by atoms with van der Waals surface area (Å²) in [4.78, 5) is 8.26. The fourth-order valence-corrected chi connectivity index (χ4v) is 1.73. The summed E-state index contributed by atoms with van der Waals surface area (Å²) in [5.74, 6) is 1.66. The quantitative estimate of drug-likeness (QED) is 0.865. The van der Waals surface area contributed by atoms with Crippen molar-refractivity contribution in [3.8, 4) is 5.75 Å². The van der Waals surface area contributed by atoms with E-state index in [1.165, 1.54) is 0 Å². The summed E-state index contributed by atoms with van der Waals surface area (Å²) in [7, 11) is 0. The van der Waals surface area contributed by atoms with Gasteiger partial charge in [0.15, 0.2) is 0 Å². The first kappa shape index (κ1) is 11.1. The van der Waals surface area contributed by atoms with E-state index in [1.807, 2.05) is 16.8 Å². The van der Waals surface area contributed by atoms with Crippen molar-refractivity contribution < 1.29 is 4.74 Å². The Balaban J connectivity index is 2.02. The lowest BCUT2D eigenvalue weighted by molar-refractivity contribution is 0.288. The van der Waals surface area contributed by atoms with E-state index in [0.29, 0.717) is 6.61 Å². The van der Waals surface area contributed by atoms with Gasteiger partial charge in [0.05, 0.1) is 6.20 Å². The van der Waals surface area contributed by atoms with Gasteiger partial charge in [-0.2, -0.15) is 0 Å². The first-order valence-corrected chi connectivity index (χ1v) is 5.82. The molecule has 0 aromatic carbocycles. The second-order valence-electron chi connectivity index (χ2n) is 3.26. The molecule has 0 radical (unpaired) electrons. The minimum absolute atomic E-state index is 0.457. The Kier molecular flexibility index (Phi) is 3.56. The third-order valence-corrected chi connectivity index (χ3v) is 2.62. The van der Waals surface area contributed by atoms with Gasteiger partial charge in [-0.25, -0.2) is 4.98 Å². The smallest absolute Gasteiger partial charge is 0.146 e.